The van der Waals surface area contributed by atoms with Gasteiger partial charge in [-0.25, -0.2) is 18.6 Å². The summed E-state index contributed by atoms with van der Waals surface area (Å²) in [5.41, 5.74) is 9.31. The van der Waals surface area contributed by atoms with Gasteiger partial charge < -0.3 is 24.4 Å². The van der Waals surface area contributed by atoms with Crippen LogP contribution in [0.2, 0.25) is 0 Å². The number of halogens is 2. The van der Waals surface area contributed by atoms with E-state index in [-0.39, 0.29) is 23.4 Å². The Hall–Kier alpha value is -6.55. The molecular weight excluding hydrogens is 895 g/mol. The molecule has 15 heteroatoms. The molecule has 4 aliphatic rings. The number of hydrogen-bond donors (Lipinski definition) is 2. The van der Waals surface area contributed by atoms with Gasteiger partial charge in [-0.05, 0) is 123 Å². The number of aliphatic hydroxyl groups is 1. The van der Waals surface area contributed by atoms with Crippen LogP contribution in [-0.2, 0) is 12.8 Å². The van der Waals surface area contributed by atoms with E-state index in [1.54, 1.807) is 42.0 Å². The number of aryl methyl sites for hydroxylation is 3. The molecule has 69 heavy (non-hydrogen) atoms. The molecule has 7 aromatic rings. The van der Waals surface area contributed by atoms with Crippen molar-refractivity contribution in [3.05, 3.63) is 176 Å². The third kappa shape index (κ3) is 8.54. The highest BCUT2D eigenvalue weighted by Gasteiger charge is 2.37. The SMILES string of the molecule is Cc1sc2c(c1C)C(c1ccc(N3CCC(O)(CN4CCN(c5ccc([C@@H]6c7ccc(C(=O)O)cc7CC[C@@H]6c6ccc(F)cc6F)cc5)CC4)CC3)cc1)=NC(Cc1ncco1)c1nnc(C)n1-2. The summed E-state index contributed by atoms with van der Waals surface area (Å²) in [5, 5.41) is 31.8. The second-order valence-corrected chi connectivity index (χ2v) is 20.4. The van der Waals surface area contributed by atoms with Crippen molar-refractivity contribution in [2.45, 2.75) is 76.4 Å². The van der Waals surface area contributed by atoms with Crippen molar-refractivity contribution in [2.24, 2.45) is 4.99 Å². The molecule has 4 aromatic carbocycles. The minimum atomic E-state index is -0.980. The van der Waals surface area contributed by atoms with E-state index in [0.29, 0.717) is 50.1 Å². The lowest BCUT2D eigenvalue weighted by Gasteiger charge is -2.44. The molecule has 0 spiro atoms. The summed E-state index contributed by atoms with van der Waals surface area (Å²) in [6.45, 7) is 11.7. The lowest BCUT2D eigenvalue weighted by Crippen LogP contribution is -2.55. The van der Waals surface area contributed by atoms with E-state index in [9.17, 15) is 19.4 Å². The van der Waals surface area contributed by atoms with Gasteiger partial charge in [0.25, 0.3) is 0 Å². The molecule has 2 N–H and O–H groups in total. The Kier molecular flexibility index (Phi) is 11.8. The fraction of sp³-hybridized carbons (Fsp3) is 0.352. The topological polar surface area (TPSA) is 136 Å². The summed E-state index contributed by atoms with van der Waals surface area (Å²) < 4.78 is 37.1. The number of aromatic nitrogens is 4. The number of β-amino-alcohol motifs (C(OH)–C–C–N with tert-alkyl or cyclic N) is 1. The molecular formula is C54H54F2N8O4S. The molecule has 354 valence electrons. The zero-order valence-electron chi connectivity index (χ0n) is 38.9. The third-order valence-electron chi connectivity index (χ3n) is 15.0. The first kappa shape index (κ1) is 44.9. The number of aliphatic imine (C=N–C) groups is 1. The van der Waals surface area contributed by atoms with Crippen LogP contribution in [0.1, 0.15) is 109 Å². The lowest BCUT2D eigenvalue weighted by molar-refractivity contribution is -0.0173. The zero-order chi connectivity index (χ0) is 47.6. The number of carbonyl (C=O) groups is 1. The highest BCUT2D eigenvalue weighted by atomic mass is 32.1. The lowest BCUT2D eigenvalue weighted by atomic mass is 9.69. The number of oxazole rings is 1. The van der Waals surface area contributed by atoms with E-state index >= 15 is 4.39 Å². The van der Waals surface area contributed by atoms with Crippen molar-refractivity contribution in [2.75, 3.05) is 55.6 Å². The smallest absolute Gasteiger partial charge is 0.335 e. The van der Waals surface area contributed by atoms with Gasteiger partial charge in [-0.3, -0.25) is 14.5 Å². The maximum absolute atomic E-state index is 15.3. The largest absolute Gasteiger partial charge is 0.478 e. The number of anilines is 2. The van der Waals surface area contributed by atoms with Gasteiger partial charge in [0.15, 0.2) is 11.7 Å². The number of aromatic carboxylic acids is 1. The van der Waals surface area contributed by atoms with E-state index in [4.69, 9.17) is 9.41 Å². The fourth-order valence-electron chi connectivity index (χ4n) is 11.2. The summed E-state index contributed by atoms with van der Waals surface area (Å²) >= 11 is 1.74. The maximum Gasteiger partial charge on any atom is 0.335 e. The third-order valence-corrected chi connectivity index (χ3v) is 16.2. The molecule has 6 heterocycles. The van der Waals surface area contributed by atoms with Crippen LogP contribution >= 0.6 is 11.3 Å². The summed E-state index contributed by atoms with van der Waals surface area (Å²) in [5.74, 6) is -0.424. The van der Waals surface area contributed by atoms with E-state index in [0.717, 1.165) is 107 Å². The van der Waals surface area contributed by atoms with Crippen molar-refractivity contribution in [1.29, 1.82) is 0 Å². The number of carboxylic acids is 1. The molecule has 11 rings (SSSR count). The van der Waals surface area contributed by atoms with Gasteiger partial charge >= 0.3 is 5.97 Å². The van der Waals surface area contributed by atoms with Gasteiger partial charge in [-0.2, -0.15) is 0 Å². The second kappa shape index (κ2) is 18.1. The summed E-state index contributed by atoms with van der Waals surface area (Å²) in [7, 11) is 0. The van der Waals surface area contributed by atoms with Crippen LogP contribution < -0.4 is 9.80 Å². The minimum Gasteiger partial charge on any atom is -0.478 e. The first-order valence-electron chi connectivity index (χ1n) is 23.8. The van der Waals surface area contributed by atoms with Crippen LogP contribution in [0, 0.1) is 32.4 Å². The Morgan fingerprint density at radius 3 is 2.26 bits per heavy atom. The quantitative estimate of drug-likeness (QED) is 0.137. The predicted octanol–water partition coefficient (Wildman–Crippen LogP) is 9.37. The number of carboxylic acid groups (broad SMARTS) is 1. The Morgan fingerprint density at radius 2 is 1.57 bits per heavy atom. The number of piperazine rings is 1. The summed E-state index contributed by atoms with van der Waals surface area (Å²) in [6, 6.07) is 25.8. The Morgan fingerprint density at radius 1 is 0.855 bits per heavy atom. The van der Waals surface area contributed by atoms with Crippen LogP contribution in [-0.4, -0.2) is 98.0 Å². The molecule has 12 nitrogen and oxygen atoms in total. The fourth-order valence-corrected chi connectivity index (χ4v) is 12.4. The molecule has 2 saturated heterocycles. The number of piperidine rings is 1. The van der Waals surface area contributed by atoms with Crippen LogP contribution in [0.3, 0.4) is 0 Å². The molecule has 1 aliphatic carbocycles. The van der Waals surface area contributed by atoms with E-state index in [1.807, 2.05) is 13.0 Å². The molecule has 0 radical (unpaired) electrons. The van der Waals surface area contributed by atoms with Crippen LogP contribution in [0.5, 0.6) is 0 Å². The Bertz CT molecular complexity index is 3060. The first-order chi connectivity index (χ1) is 33.4. The summed E-state index contributed by atoms with van der Waals surface area (Å²) in [6.07, 6.45) is 6.26. The number of fused-ring (bicyclic) bond motifs is 4. The van der Waals surface area contributed by atoms with Gasteiger partial charge in [0, 0.05) is 85.2 Å². The number of thiophene rings is 1. The van der Waals surface area contributed by atoms with E-state index in [1.165, 1.54) is 16.5 Å². The first-order valence-corrected chi connectivity index (χ1v) is 24.7. The Balaban J connectivity index is 0.734. The highest BCUT2D eigenvalue weighted by Crippen LogP contribution is 2.48. The minimum absolute atomic E-state index is 0.223. The molecule has 3 aliphatic heterocycles. The van der Waals surface area contributed by atoms with Crippen molar-refractivity contribution in [3.63, 3.8) is 0 Å². The molecule has 0 bridgehead atoms. The van der Waals surface area contributed by atoms with Crippen molar-refractivity contribution in [1.82, 2.24) is 24.6 Å². The number of benzene rings is 4. The average Bonchev–Trinajstić information content (AvgIpc) is 4.06. The zero-order valence-corrected chi connectivity index (χ0v) is 39.7. The highest BCUT2D eigenvalue weighted by molar-refractivity contribution is 7.15. The van der Waals surface area contributed by atoms with Crippen molar-refractivity contribution < 1.29 is 28.2 Å². The normalized spacial score (nSPS) is 20.2. The van der Waals surface area contributed by atoms with Crippen molar-refractivity contribution >= 4 is 34.4 Å². The van der Waals surface area contributed by atoms with Crippen LogP contribution in [0.15, 0.2) is 107 Å². The maximum atomic E-state index is 15.3. The monoisotopic (exact) mass is 948 g/mol. The number of hydrogen-bond acceptors (Lipinski definition) is 11. The van der Waals surface area contributed by atoms with Gasteiger partial charge in [-0.1, -0.05) is 36.4 Å². The standard InChI is InChI=1S/C54H54F2N8O4S/c1-32-33(2)69-52-48(32)50(58-46(30-47-57-20-27-68-47)51-60-59-34(3)64(51)52)36-6-13-40(14-7-36)62-21-18-54(67,19-22-62)31-61-23-25-63(26-24-61)41-11-4-35(5-12-41)49-42-15-9-38(53(65)66)28-37(42)8-16-44(49)43-17-10-39(55)29-45(43)56/h4-7,9-15,17,20,27-29,44,46,49,67H,8,16,18-19,21-26,30-31H2,1-3H3,(H,65,66)/t44-,46?,49-/m1/s1. The molecule has 0 amide bonds. The van der Waals surface area contributed by atoms with Crippen LogP contribution in [0.4, 0.5) is 20.2 Å². The van der Waals surface area contributed by atoms with E-state index in [2.05, 4.69) is 96.8 Å². The average molecular weight is 949 g/mol. The number of nitrogens with zero attached hydrogens (tertiary/aromatic N) is 8. The van der Waals surface area contributed by atoms with Gasteiger partial charge in [0.2, 0.25) is 0 Å². The van der Waals surface area contributed by atoms with Gasteiger partial charge in [0.05, 0.1) is 29.5 Å². The molecule has 3 aromatic heterocycles. The molecule has 2 fully saturated rings. The molecule has 3 atom stereocenters. The molecule has 1 unspecified atom stereocenters. The Labute approximate surface area is 403 Å². The molecule has 0 saturated carbocycles. The van der Waals surface area contributed by atoms with Gasteiger partial charge in [-0.15, -0.1) is 21.5 Å². The van der Waals surface area contributed by atoms with Crippen molar-refractivity contribution in [3.8, 4) is 5.00 Å². The second-order valence-electron chi connectivity index (χ2n) is 19.1. The number of rotatable bonds is 10. The van der Waals surface area contributed by atoms with E-state index < -0.39 is 23.2 Å². The van der Waals surface area contributed by atoms with Crippen LogP contribution in [0.25, 0.3) is 5.00 Å². The van der Waals surface area contributed by atoms with Gasteiger partial charge in [0.1, 0.15) is 34.8 Å². The predicted molar refractivity (Wildman–Crippen MR) is 263 cm³/mol. The summed E-state index contributed by atoms with van der Waals surface area (Å²) in [4.78, 5) is 30.0.